The number of carbonyl (C=O) groups is 1. The Morgan fingerprint density at radius 1 is 1.56 bits per heavy atom. The number of carbonyl (C=O) groups excluding carboxylic acids is 1. The molecule has 1 N–H and O–H groups in total. The van der Waals surface area contributed by atoms with Crippen molar-refractivity contribution in [1.82, 2.24) is 14.5 Å². The molecular weight excluding hydrogens is 230 g/mol. The molecule has 0 aromatic rings. The van der Waals surface area contributed by atoms with Gasteiger partial charge in [0.2, 0.25) is 15.9 Å². The van der Waals surface area contributed by atoms with Crippen LogP contribution in [-0.4, -0.2) is 69.1 Å². The average molecular weight is 249 g/mol. The zero-order chi connectivity index (χ0) is 12.3. The van der Waals surface area contributed by atoms with Gasteiger partial charge in [0.25, 0.3) is 0 Å². The van der Waals surface area contributed by atoms with Crippen molar-refractivity contribution in [2.75, 3.05) is 39.5 Å². The number of amides is 1. The van der Waals surface area contributed by atoms with Crippen LogP contribution in [0.4, 0.5) is 0 Å². The SMILES string of the molecule is C[C@@H]1CNCCN1C(=O)CN(C)S(C)(=O)=O. The summed E-state index contributed by atoms with van der Waals surface area (Å²) < 4.78 is 23.4. The third-order valence-corrected chi connectivity index (χ3v) is 4.01. The minimum Gasteiger partial charge on any atom is -0.336 e. The number of hydrogen-bond donors (Lipinski definition) is 1. The van der Waals surface area contributed by atoms with Crippen molar-refractivity contribution in [3.63, 3.8) is 0 Å². The van der Waals surface area contributed by atoms with Crippen molar-refractivity contribution >= 4 is 15.9 Å². The lowest BCUT2D eigenvalue weighted by atomic mass is 10.2. The summed E-state index contributed by atoms with van der Waals surface area (Å²) in [5.41, 5.74) is 0. The molecule has 1 saturated heterocycles. The number of nitrogens with one attached hydrogen (secondary N) is 1. The molecule has 1 amide bonds. The van der Waals surface area contributed by atoms with Crippen LogP contribution in [0, 0.1) is 0 Å². The maximum atomic E-state index is 11.9. The van der Waals surface area contributed by atoms with E-state index in [1.165, 1.54) is 7.05 Å². The van der Waals surface area contributed by atoms with Crippen molar-refractivity contribution in [2.45, 2.75) is 13.0 Å². The number of hydrogen-bond acceptors (Lipinski definition) is 4. The van der Waals surface area contributed by atoms with E-state index >= 15 is 0 Å². The summed E-state index contributed by atoms with van der Waals surface area (Å²) in [6, 6.07) is 0.120. The molecule has 1 heterocycles. The molecule has 1 aliphatic rings. The third kappa shape index (κ3) is 3.43. The lowest BCUT2D eigenvalue weighted by Crippen LogP contribution is -2.54. The predicted octanol–water partition coefficient (Wildman–Crippen LogP) is -1.30. The molecule has 0 saturated carbocycles. The molecule has 0 bridgehead atoms. The second kappa shape index (κ2) is 5.11. The second-order valence-electron chi connectivity index (χ2n) is 4.16. The fraction of sp³-hybridized carbons (Fsp3) is 0.889. The minimum atomic E-state index is -3.28. The Balaban J connectivity index is 2.58. The Kier molecular flexibility index (Phi) is 4.28. The zero-order valence-electron chi connectivity index (χ0n) is 9.93. The largest absolute Gasteiger partial charge is 0.336 e. The van der Waals surface area contributed by atoms with E-state index in [0.29, 0.717) is 6.54 Å². The zero-order valence-corrected chi connectivity index (χ0v) is 10.7. The summed E-state index contributed by atoms with van der Waals surface area (Å²) in [4.78, 5) is 13.6. The first-order chi connectivity index (χ1) is 7.32. The summed E-state index contributed by atoms with van der Waals surface area (Å²) >= 11 is 0. The quantitative estimate of drug-likeness (QED) is 0.675. The van der Waals surface area contributed by atoms with Gasteiger partial charge < -0.3 is 10.2 Å². The average Bonchev–Trinajstić information content (AvgIpc) is 2.16. The standard InChI is InChI=1S/C9H19N3O3S/c1-8-6-10-4-5-12(8)9(13)7-11(2)16(3,14)15/h8,10H,4-7H2,1-3H3/t8-/m1/s1. The van der Waals surface area contributed by atoms with E-state index in [1.54, 1.807) is 4.90 Å². The van der Waals surface area contributed by atoms with Gasteiger partial charge in [0.15, 0.2) is 0 Å². The van der Waals surface area contributed by atoms with Gasteiger partial charge in [0.1, 0.15) is 0 Å². The van der Waals surface area contributed by atoms with E-state index in [9.17, 15) is 13.2 Å². The fourth-order valence-electron chi connectivity index (χ4n) is 1.61. The van der Waals surface area contributed by atoms with E-state index in [-0.39, 0.29) is 18.5 Å². The van der Waals surface area contributed by atoms with Crippen molar-refractivity contribution in [3.8, 4) is 0 Å². The van der Waals surface area contributed by atoms with Gasteiger partial charge in [-0.3, -0.25) is 4.79 Å². The molecule has 0 aromatic heterocycles. The highest BCUT2D eigenvalue weighted by Gasteiger charge is 2.25. The van der Waals surface area contributed by atoms with Gasteiger partial charge in [-0.25, -0.2) is 8.42 Å². The van der Waals surface area contributed by atoms with Crippen LogP contribution < -0.4 is 5.32 Å². The molecule has 1 atom stereocenters. The van der Waals surface area contributed by atoms with Gasteiger partial charge in [-0.2, -0.15) is 4.31 Å². The van der Waals surface area contributed by atoms with Crippen LogP contribution in [0.2, 0.25) is 0 Å². The van der Waals surface area contributed by atoms with Gasteiger partial charge >= 0.3 is 0 Å². The van der Waals surface area contributed by atoms with E-state index in [1.807, 2.05) is 6.92 Å². The summed E-state index contributed by atoms with van der Waals surface area (Å²) in [7, 11) is -1.87. The third-order valence-electron chi connectivity index (χ3n) is 2.75. The van der Waals surface area contributed by atoms with Crippen molar-refractivity contribution in [3.05, 3.63) is 0 Å². The van der Waals surface area contributed by atoms with E-state index in [4.69, 9.17) is 0 Å². The normalized spacial score (nSPS) is 22.5. The topological polar surface area (TPSA) is 69.7 Å². The van der Waals surface area contributed by atoms with Crippen LogP contribution in [0.5, 0.6) is 0 Å². The monoisotopic (exact) mass is 249 g/mol. The van der Waals surface area contributed by atoms with E-state index in [2.05, 4.69) is 5.32 Å². The fourth-order valence-corrected chi connectivity index (χ4v) is 1.96. The minimum absolute atomic E-state index is 0.0802. The molecule has 0 aromatic carbocycles. The molecule has 1 rings (SSSR count). The Morgan fingerprint density at radius 3 is 2.69 bits per heavy atom. The molecule has 0 unspecified atom stereocenters. The molecule has 0 aliphatic carbocycles. The Morgan fingerprint density at radius 2 is 2.19 bits per heavy atom. The lowest BCUT2D eigenvalue weighted by molar-refractivity contribution is -0.133. The maximum absolute atomic E-state index is 11.9. The molecule has 6 nitrogen and oxygen atoms in total. The molecule has 0 spiro atoms. The van der Waals surface area contributed by atoms with Crippen molar-refractivity contribution in [1.29, 1.82) is 0 Å². The molecule has 0 radical (unpaired) electrons. The number of likely N-dealkylation sites (N-methyl/N-ethyl adjacent to an activating group) is 1. The van der Waals surface area contributed by atoms with Crippen LogP contribution in [0.25, 0.3) is 0 Å². The van der Waals surface area contributed by atoms with Gasteiger partial charge in [-0.05, 0) is 6.92 Å². The molecule has 1 aliphatic heterocycles. The van der Waals surface area contributed by atoms with Gasteiger partial charge in [-0.1, -0.05) is 0 Å². The number of piperazine rings is 1. The molecule has 94 valence electrons. The van der Waals surface area contributed by atoms with Crippen LogP contribution in [0.15, 0.2) is 0 Å². The first kappa shape index (κ1) is 13.4. The predicted molar refractivity (Wildman–Crippen MR) is 61.5 cm³/mol. The molecular formula is C9H19N3O3S. The number of sulfonamides is 1. The summed E-state index contributed by atoms with van der Waals surface area (Å²) in [5.74, 6) is -0.137. The first-order valence-corrected chi connectivity index (χ1v) is 7.08. The molecule has 1 fully saturated rings. The highest BCUT2D eigenvalue weighted by molar-refractivity contribution is 7.88. The Labute approximate surface area is 96.6 Å². The number of nitrogens with zero attached hydrogens (tertiary/aromatic N) is 2. The van der Waals surface area contributed by atoms with E-state index in [0.717, 1.165) is 23.7 Å². The smallest absolute Gasteiger partial charge is 0.238 e. The van der Waals surface area contributed by atoms with Crippen molar-refractivity contribution < 1.29 is 13.2 Å². The first-order valence-electron chi connectivity index (χ1n) is 5.24. The maximum Gasteiger partial charge on any atom is 0.238 e. The van der Waals surface area contributed by atoms with Gasteiger partial charge in [0, 0.05) is 32.7 Å². The highest BCUT2D eigenvalue weighted by Crippen LogP contribution is 2.04. The Hall–Kier alpha value is -0.660. The van der Waals surface area contributed by atoms with Gasteiger partial charge in [-0.15, -0.1) is 0 Å². The lowest BCUT2D eigenvalue weighted by Gasteiger charge is -2.34. The van der Waals surface area contributed by atoms with Gasteiger partial charge in [0.05, 0.1) is 12.8 Å². The highest BCUT2D eigenvalue weighted by atomic mass is 32.2. The summed E-state index contributed by atoms with van der Waals surface area (Å²) in [6.07, 6.45) is 1.10. The van der Waals surface area contributed by atoms with Crippen LogP contribution in [-0.2, 0) is 14.8 Å². The molecule has 16 heavy (non-hydrogen) atoms. The summed E-state index contributed by atoms with van der Waals surface area (Å²) in [6.45, 7) is 4.03. The Bertz CT molecular complexity index is 355. The van der Waals surface area contributed by atoms with Crippen LogP contribution in [0.3, 0.4) is 0 Å². The second-order valence-corrected chi connectivity index (χ2v) is 6.25. The number of rotatable bonds is 3. The van der Waals surface area contributed by atoms with Crippen LogP contribution >= 0.6 is 0 Å². The van der Waals surface area contributed by atoms with E-state index < -0.39 is 10.0 Å². The van der Waals surface area contributed by atoms with Crippen LogP contribution in [0.1, 0.15) is 6.92 Å². The summed E-state index contributed by atoms with van der Waals surface area (Å²) in [5, 5.41) is 3.18. The molecule has 7 heteroatoms. The van der Waals surface area contributed by atoms with Crippen molar-refractivity contribution in [2.24, 2.45) is 0 Å².